The number of amides is 1. The van der Waals surface area contributed by atoms with Crippen molar-refractivity contribution in [3.8, 4) is 11.5 Å². The Kier molecular flexibility index (Phi) is 6.56. The average Bonchev–Trinajstić information content (AvgIpc) is 2.57. The molecule has 0 saturated heterocycles. The van der Waals surface area contributed by atoms with E-state index in [0.29, 0.717) is 23.8 Å². The van der Waals surface area contributed by atoms with Crippen LogP contribution in [0.4, 0.5) is 5.69 Å². The molecule has 1 N–H and O–H groups in total. The number of rotatable bonds is 7. The Balaban J connectivity index is 1.94. The fourth-order valence-electron chi connectivity index (χ4n) is 1.88. The average molecular weight is 329 g/mol. The lowest BCUT2D eigenvalue weighted by Crippen LogP contribution is -2.08. The molecule has 0 aliphatic carbocycles. The quantitative estimate of drug-likeness (QED) is 0.606. The highest BCUT2D eigenvalue weighted by atomic mass is 32.2. The minimum Gasteiger partial charge on any atom is -0.493 e. The molecule has 0 aromatic heterocycles. The first-order valence-electron chi connectivity index (χ1n) is 7.23. The summed E-state index contributed by atoms with van der Waals surface area (Å²) in [6.07, 6.45) is 1.50. The lowest BCUT2D eigenvalue weighted by Gasteiger charge is -2.11. The van der Waals surface area contributed by atoms with Crippen LogP contribution in [-0.4, -0.2) is 19.6 Å². The van der Waals surface area contributed by atoms with Crippen molar-refractivity contribution in [1.82, 2.24) is 0 Å². The second kappa shape index (κ2) is 8.90. The van der Waals surface area contributed by atoms with Gasteiger partial charge in [-0.2, -0.15) is 0 Å². The van der Waals surface area contributed by atoms with Gasteiger partial charge in [0.2, 0.25) is 5.91 Å². The first-order valence-corrected chi connectivity index (χ1v) is 8.11. The number of benzene rings is 2. The van der Waals surface area contributed by atoms with Crippen LogP contribution in [0.1, 0.15) is 6.92 Å². The lowest BCUT2D eigenvalue weighted by molar-refractivity contribution is -0.111. The lowest BCUT2D eigenvalue weighted by atomic mass is 10.2. The van der Waals surface area contributed by atoms with E-state index in [2.05, 4.69) is 5.32 Å². The van der Waals surface area contributed by atoms with Crippen molar-refractivity contribution >= 4 is 23.4 Å². The summed E-state index contributed by atoms with van der Waals surface area (Å²) in [6, 6.07) is 15.2. The highest BCUT2D eigenvalue weighted by Crippen LogP contribution is 2.30. The number of thioether (sulfide) groups is 1. The molecule has 0 heterocycles. The van der Waals surface area contributed by atoms with Crippen LogP contribution in [0.3, 0.4) is 0 Å². The molecule has 2 rings (SSSR count). The molecule has 0 saturated carbocycles. The minimum absolute atomic E-state index is 0.195. The molecule has 4 nitrogen and oxygen atoms in total. The fourth-order valence-corrected chi connectivity index (χ4v) is 2.54. The molecule has 0 spiro atoms. The molecule has 0 unspecified atom stereocenters. The van der Waals surface area contributed by atoms with E-state index in [1.54, 1.807) is 30.7 Å². The number of anilines is 1. The molecular weight excluding hydrogens is 310 g/mol. The van der Waals surface area contributed by atoms with Gasteiger partial charge in [0.1, 0.15) is 0 Å². The van der Waals surface area contributed by atoms with Gasteiger partial charge in [0.25, 0.3) is 0 Å². The molecule has 2 aromatic carbocycles. The number of carbonyl (C=O) groups excluding carboxylic acids is 1. The Morgan fingerprint density at radius 1 is 1.17 bits per heavy atom. The number of carbonyl (C=O) groups is 1. The van der Waals surface area contributed by atoms with Crippen LogP contribution in [0.15, 0.2) is 64.9 Å². The summed E-state index contributed by atoms with van der Waals surface area (Å²) in [4.78, 5) is 13.0. The number of hydrogen-bond donors (Lipinski definition) is 1. The van der Waals surface area contributed by atoms with Crippen LogP contribution in [-0.2, 0) is 4.79 Å². The van der Waals surface area contributed by atoms with E-state index in [-0.39, 0.29) is 5.91 Å². The Bertz CT molecular complexity index is 671. The van der Waals surface area contributed by atoms with E-state index in [1.807, 2.05) is 37.3 Å². The SMILES string of the molecule is CCOc1ccc(NC(=O)/C=C/Sc2ccccc2)cc1OC. The van der Waals surface area contributed by atoms with Crippen LogP contribution in [0.2, 0.25) is 0 Å². The molecule has 0 aliphatic rings. The van der Waals surface area contributed by atoms with Gasteiger partial charge < -0.3 is 14.8 Å². The Labute approximate surface area is 140 Å². The Hall–Kier alpha value is -2.40. The maximum Gasteiger partial charge on any atom is 0.248 e. The van der Waals surface area contributed by atoms with E-state index in [9.17, 15) is 4.79 Å². The van der Waals surface area contributed by atoms with Crippen molar-refractivity contribution in [2.45, 2.75) is 11.8 Å². The van der Waals surface area contributed by atoms with Crippen molar-refractivity contribution in [2.75, 3.05) is 19.0 Å². The molecule has 0 fully saturated rings. The summed E-state index contributed by atoms with van der Waals surface area (Å²) in [6.45, 7) is 2.46. The van der Waals surface area contributed by atoms with Crippen molar-refractivity contribution in [2.24, 2.45) is 0 Å². The van der Waals surface area contributed by atoms with Gasteiger partial charge in [0.15, 0.2) is 11.5 Å². The maximum absolute atomic E-state index is 11.9. The van der Waals surface area contributed by atoms with Gasteiger partial charge in [-0.15, -0.1) is 0 Å². The van der Waals surface area contributed by atoms with Crippen molar-refractivity contribution in [3.05, 3.63) is 60.0 Å². The topological polar surface area (TPSA) is 47.6 Å². The number of ether oxygens (including phenoxy) is 2. The largest absolute Gasteiger partial charge is 0.493 e. The van der Waals surface area contributed by atoms with E-state index >= 15 is 0 Å². The van der Waals surface area contributed by atoms with Crippen LogP contribution in [0, 0.1) is 0 Å². The van der Waals surface area contributed by atoms with Gasteiger partial charge >= 0.3 is 0 Å². The molecule has 23 heavy (non-hydrogen) atoms. The fraction of sp³-hybridized carbons (Fsp3) is 0.167. The molecule has 120 valence electrons. The third-order valence-corrected chi connectivity index (χ3v) is 3.71. The van der Waals surface area contributed by atoms with Crippen molar-refractivity contribution < 1.29 is 14.3 Å². The summed E-state index contributed by atoms with van der Waals surface area (Å²) in [7, 11) is 1.57. The first kappa shape index (κ1) is 17.0. The molecule has 0 bridgehead atoms. The van der Waals surface area contributed by atoms with Crippen LogP contribution in [0.25, 0.3) is 0 Å². The van der Waals surface area contributed by atoms with E-state index in [1.165, 1.54) is 17.8 Å². The summed E-state index contributed by atoms with van der Waals surface area (Å²) in [5.41, 5.74) is 0.657. The summed E-state index contributed by atoms with van der Waals surface area (Å²) >= 11 is 1.49. The summed E-state index contributed by atoms with van der Waals surface area (Å²) < 4.78 is 10.7. The predicted octanol–water partition coefficient (Wildman–Crippen LogP) is 4.34. The molecule has 5 heteroatoms. The van der Waals surface area contributed by atoms with Gasteiger partial charge in [-0.05, 0) is 36.6 Å². The Morgan fingerprint density at radius 3 is 2.65 bits per heavy atom. The number of nitrogens with one attached hydrogen (secondary N) is 1. The predicted molar refractivity (Wildman–Crippen MR) is 94.2 cm³/mol. The van der Waals surface area contributed by atoms with Crippen LogP contribution in [0.5, 0.6) is 11.5 Å². The standard InChI is InChI=1S/C18H19NO3S/c1-3-22-16-10-9-14(13-17(16)21-2)19-18(20)11-12-23-15-7-5-4-6-8-15/h4-13H,3H2,1-2H3,(H,19,20)/b12-11+. The molecule has 0 atom stereocenters. The zero-order valence-corrected chi connectivity index (χ0v) is 13.9. The second-order valence-electron chi connectivity index (χ2n) is 4.52. The van der Waals surface area contributed by atoms with Gasteiger partial charge in [-0.25, -0.2) is 0 Å². The maximum atomic E-state index is 11.9. The van der Waals surface area contributed by atoms with Gasteiger partial charge in [-0.3, -0.25) is 4.79 Å². The molecule has 2 aromatic rings. The summed E-state index contributed by atoms with van der Waals surface area (Å²) in [5, 5.41) is 4.56. The molecule has 0 aliphatic heterocycles. The molecular formula is C18H19NO3S. The van der Waals surface area contributed by atoms with Crippen molar-refractivity contribution in [1.29, 1.82) is 0 Å². The van der Waals surface area contributed by atoms with Gasteiger partial charge in [0, 0.05) is 22.7 Å². The van der Waals surface area contributed by atoms with Crippen LogP contribution >= 0.6 is 11.8 Å². The normalized spacial score (nSPS) is 10.5. The minimum atomic E-state index is -0.195. The van der Waals surface area contributed by atoms with E-state index in [4.69, 9.17) is 9.47 Å². The number of methoxy groups -OCH3 is 1. The smallest absolute Gasteiger partial charge is 0.248 e. The van der Waals surface area contributed by atoms with Gasteiger partial charge in [0.05, 0.1) is 13.7 Å². The second-order valence-corrected chi connectivity index (χ2v) is 5.50. The zero-order chi connectivity index (χ0) is 16.5. The van der Waals surface area contributed by atoms with Gasteiger partial charge in [-0.1, -0.05) is 30.0 Å². The molecule has 1 amide bonds. The third kappa shape index (κ3) is 5.38. The monoisotopic (exact) mass is 329 g/mol. The highest BCUT2D eigenvalue weighted by molar-refractivity contribution is 8.02. The van der Waals surface area contributed by atoms with Crippen LogP contribution < -0.4 is 14.8 Å². The van der Waals surface area contributed by atoms with E-state index < -0.39 is 0 Å². The third-order valence-electron chi connectivity index (χ3n) is 2.90. The van der Waals surface area contributed by atoms with Crippen molar-refractivity contribution in [3.63, 3.8) is 0 Å². The first-order chi connectivity index (χ1) is 11.2. The summed E-state index contributed by atoms with van der Waals surface area (Å²) in [5.74, 6) is 1.05. The number of hydrogen-bond acceptors (Lipinski definition) is 4. The van der Waals surface area contributed by atoms with E-state index in [0.717, 1.165) is 4.90 Å². The highest BCUT2D eigenvalue weighted by Gasteiger charge is 2.06. The zero-order valence-electron chi connectivity index (χ0n) is 13.1. The molecule has 0 radical (unpaired) electrons. The Morgan fingerprint density at radius 2 is 1.96 bits per heavy atom.